The summed E-state index contributed by atoms with van der Waals surface area (Å²) in [6.07, 6.45) is 7.01. The number of amides is 2. The molecule has 0 bridgehead atoms. The number of rotatable bonds is 8. The zero-order chi connectivity index (χ0) is 13.8. The van der Waals surface area contributed by atoms with Crippen molar-refractivity contribution in [1.29, 1.82) is 0 Å². The van der Waals surface area contributed by atoms with Crippen molar-refractivity contribution in [2.24, 2.45) is 11.8 Å². The molecule has 0 unspecified atom stereocenters. The van der Waals surface area contributed by atoms with Gasteiger partial charge in [-0.3, -0.25) is 0 Å². The van der Waals surface area contributed by atoms with Gasteiger partial charge in [-0.15, -0.1) is 0 Å². The Labute approximate surface area is 114 Å². The van der Waals surface area contributed by atoms with Crippen molar-refractivity contribution in [3.05, 3.63) is 0 Å². The minimum Gasteiger partial charge on any atom is -0.480 e. The summed E-state index contributed by atoms with van der Waals surface area (Å²) in [6, 6.07) is -0.813. The number of aliphatic carboxylic acids is 1. The molecule has 0 aromatic carbocycles. The van der Waals surface area contributed by atoms with E-state index in [-0.39, 0.29) is 12.1 Å². The third-order valence-electron chi connectivity index (χ3n) is 4.01. The Bertz CT molecular complexity index is 326. The van der Waals surface area contributed by atoms with Crippen LogP contribution in [0.4, 0.5) is 4.79 Å². The van der Waals surface area contributed by atoms with Crippen LogP contribution in [0.15, 0.2) is 0 Å². The fourth-order valence-corrected chi connectivity index (χ4v) is 2.55. The zero-order valence-corrected chi connectivity index (χ0v) is 11.5. The van der Waals surface area contributed by atoms with Gasteiger partial charge in [-0.1, -0.05) is 19.8 Å². The minimum absolute atomic E-state index is 0.264. The average Bonchev–Trinajstić information content (AvgIpc) is 3.24. The lowest BCUT2D eigenvalue weighted by Gasteiger charge is -2.20. The van der Waals surface area contributed by atoms with Gasteiger partial charge in [0, 0.05) is 6.04 Å². The lowest BCUT2D eigenvalue weighted by Crippen LogP contribution is -2.50. The number of hydrogen-bond acceptors (Lipinski definition) is 2. The molecule has 0 spiro atoms. The van der Waals surface area contributed by atoms with Crippen LogP contribution < -0.4 is 10.6 Å². The molecule has 1 atom stereocenters. The van der Waals surface area contributed by atoms with Crippen molar-refractivity contribution >= 4 is 12.0 Å². The molecule has 0 aromatic heterocycles. The molecule has 108 valence electrons. The van der Waals surface area contributed by atoms with Gasteiger partial charge in [0.05, 0.1) is 0 Å². The van der Waals surface area contributed by atoms with Crippen LogP contribution >= 0.6 is 0 Å². The van der Waals surface area contributed by atoms with E-state index in [0.29, 0.717) is 18.3 Å². The number of urea groups is 1. The summed E-state index contributed by atoms with van der Waals surface area (Å²) in [5.41, 5.74) is 0. The Morgan fingerprint density at radius 1 is 1.16 bits per heavy atom. The Kier molecular flexibility index (Phi) is 4.66. The van der Waals surface area contributed by atoms with Crippen molar-refractivity contribution in [1.82, 2.24) is 10.6 Å². The first kappa shape index (κ1) is 14.2. The SMILES string of the molecule is CCCC[C@H](NC(=O)NC(C1CC1)C1CC1)C(=O)O. The molecule has 2 saturated carbocycles. The van der Waals surface area contributed by atoms with Gasteiger partial charge in [0.1, 0.15) is 6.04 Å². The van der Waals surface area contributed by atoms with E-state index in [4.69, 9.17) is 5.11 Å². The van der Waals surface area contributed by atoms with Crippen LogP contribution in [-0.4, -0.2) is 29.2 Å². The standard InChI is InChI=1S/C14H24N2O3/c1-2-3-4-11(13(17)18)15-14(19)16-12(9-5-6-9)10-7-8-10/h9-12H,2-8H2,1H3,(H,17,18)(H2,15,16,19)/t11-/m0/s1. The summed E-state index contributed by atoms with van der Waals surface area (Å²) in [5, 5.41) is 14.7. The third-order valence-corrected chi connectivity index (χ3v) is 4.01. The molecule has 5 nitrogen and oxygen atoms in total. The number of nitrogens with one attached hydrogen (secondary N) is 2. The fourth-order valence-electron chi connectivity index (χ4n) is 2.55. The van der Waals surface area contributed by atoms with Crippen molar-refractivity contribution in [3.8, 4) is 0 Å². The predicted molar refractivity (Wildman–Crippen MR) is 71.9 cm³/mol. The summed E-state index contributed by atoms with van der Waals surface area (Å²) in [5.74, 6) is 0.298. The summed E-state index contributed by atoms with van der Waals surface area (Å²) >= 11 is 0. The Morgan fingerprint density at radius 2 is 1.74 bits per heavy atom. The Hall–Kier alpha value is -1.26. The second-order valence-electron chi connectivity index (χ2n) is 5.85. The van der Waals surface area contributed by atoms with Gasteiger partial charge in [-0.05, 0) is 43.9 Å². The maximum atomic E-state index is 11.9. The van der Waals surface area contributed by atoms with E-state index >= 15 is 0 Å². The molecule has 19 heavy (non-hydrogen) atoms. The molecular formula is C14H24N2O3. The summed E-state index contributed by atoms with van der Waals surface area (Å²) in [7, 11) is 0. The minimum atomic E-state index is -0.946. The molecule has 0 saturated heterocycles. The van der Waals surface area contributed by atoms with E-state index < -0.39 is 12.0 Å². The van der Waals surface area contributed by atoms with Gasteiger partial charge in [0.25, 0.3) is 0 Å². The molecule has 0 aromatic rings. The molecule has 2 aliphatic rings. The summed E-state index contributed by atoms with van der Waals surface area (Å²) < 4.78 is 0. The molecule has 2 amide bonds. The van der Waals surface area contributed by atoms with Gasteiger partial charge in [-0.2, -0.15) is 0 Å². The van der Waals surface area contributed by atoms with E-state index in [0.717, 1.165) is 12.8 Å². The van der Waals surface area contributed by atoms with Crippen molar-refractivity contribution in [2.75, 3.05) is 0 Å². The molecule has 2 aliphatic carbocycles. The van der Waals surface area contributed by atoms with Crippen LogP contribution in [0.1, 0.15) is 51.9 Å². The Balaban J connectivity index is 1.78. The molecule has 5 heteroatoms. The van der Waals surface area contributed by atoms with Gasteiger partial charge in [0.15, 0.2) is 0 Å². The zero-order valence-electron chi connectivity index (χ0n) is 11.5. The topological polar surface area (TPSA) is 78.4 Å². The van der Waals surface area contributed by atoms with Gasteiger partial charge in [0.2, 0.25) is 0 Å². The number of carbonyl (C=O) groups excluding carboxylic acids is 1. The molecule has 2 fully saturated rings. The van der Waals surface area contributed by atoms with E-state index in [1.54, 1.807) is 0 Å². The summed E-state index contributed by atoms with van der Waals surface area (Å²) in [4.78, 5) is 23.0. The van der Waals surface area contributed by atoms with Gasteiger partial charge >= 0.3 is 12.0 Å². The monoisotopic (exact) mass is 268 g/mol. The smallest absolute Gasteiger partial charge is 0.326 e. The molecule has 2 rings (SSSR count). The second kappa shape index (κ2) is 6.26. The third kappa shape index (κ3) is 4.40. The van der Waals surface area contributed by atoms with E-state index in [1.165, 1.54) is 25.7 Å². The van der Waals surface area contributed by atoms with Gasteiger partial charge in [-0.25, -0.2) is 9.59 Å². The molecule has 0 heterocycles. The van der Waals surface area contributed by atoms with Gasteiger partial charge < -0.3 is 15.7 Å². The molecule has 0 radical (unpaired) electrons. The number of carboxylic acids is 1. The van der Waals surface area contributed by atoms with Crippen LogP contribution in [0, 0.1) is 11.8 Å². The largest absolute Gasteiger partial charge is 0.480 e. The number of carboxylic acid groups (broad SMARTS) is 1. The lowest BCUT2D eigenvalue weighted by molar-refractivity contribution is -0.139. The van der Waals surface area contributed by atoms with E-state index in [9.17, 15) is 9.59 Å². The van der Waals surface area contributed by atoms with Crippen LogP contribution in [0.2, 0.25) is 0 Å². The number of unbranched alkanes of at least 4 members (excludes halogenated alkanes) is 1. The highest BCUT2D eigenvalue weighted by molar-refractivity contribution is 5.82. The maximum Gasteiger partial charge on any atom is 0.326 e. The first-order valence-electron chi connectivity index (χ1n) is 7.41. The normalized spacial score (nSPS) is 20.1. The molecular weight excluding hydrogens is 244 g/mol. The van der Waals surface area contributed by atoms with Crippen LogP contribution in [0.5, 0.6) is 0 Å². The summed E-state index contributed by atoms with van der Waals surface area (Å²) in [6.45, 7) is 2.01. The van der Waals surface area contributed by atoms with Crippen LogP contribution in [0.25, 0.3) is 0 Å². The number of carbonyl (C=O) groups is 2. The van der Waals surface area contributed by atoms with Crippen molar-refractivity contribution < 1.29 is 14.7 Å². The highest BCUT2D eigenvalue weighted by atomic mass is 16.4. The van der Waals surface area contributed by atoms with E-state index in [1.807, 2.05) is 6.92 Å². The first-order chi connectivity index (χ1) is 9.11. The first-order valence-corrected chi connectivity index (χ1v) is 7.41. The average molecular weight is 268 g/mol. The fraction of sp³-hybridized carbons (Fsp3) is 0.857. The van der Waals surface area contributed by atoms with Crippen molar-refractivity contribution in [2.45, 2.75) is 64.0 Å². The van der Waals surface area contributed by atoms with Crippen LogP contribution in [0.3, 0.4) is 0 Å². The molecule has 0 aliphatic heterocycles. The maximum absolute atomic E-state index is 11.9. The van der Waals surface area contributed by atoms with Crippen LogP contribution in [-0.2, 0) is 4.79 Å². The van der Waals surface area contributed by atoms with Crippen molar-refractivity contribution in [3.63, 3.8) is 0 Å². The quantitative estimate of drug-likeness (QED) is 0.631. The van der Waals surface area contributed by atoms with E-state index in [2.05, 4.69) is 10.6 Å². The highest BCUT2D eigenvalue weighted by Gasteiger charge is 2.42. The Morgan fingerprint density at radius 3 is 2.16 bits per heavy atom. The molecule has 3 N–H and O–H groups in total. The lowest BCUT2D eigenvalue weighted by atomic mass is 10.1. The second-order valence-corrected chi connectivity index (χ2v) is 5.85. The highest BCUT2D eigenvalue weighted by Crippen LogP contribution is 2.44. The predicted octanol–water partition coefficient (Wildman–Crippen LogP) is 2.12. The number of hydrogen-bond donors (Lipinski definition) is 3.